The molecule has 2 aromatic carbocycles. The second-order valence-corrected chi connectivity index (χ2v) is 5.27. The van der Waals surface area contributed by atoms with E-state index in [1.807, 2.05) is 30.3 Å². The van der Waals surface area contributed by atoms with Crippen molar-refractivity contribution in [2.75, 3.05) is 6.54 Å². The minimum atomic E-state index is -0.631. The van der Waals surface area contributed by atoms with Crippen LogP contribution in [0.2, 0.25) is 0 Å². The molecule has 0 aromatic heterocycles. The van der Waals surface area contributed by atoms with Gasteiger partial charge in [-0.2, -0.15) is 0 Å². The van der Waals surface area contributed by atoms with Crippen molar-refractivity contribution in [2.45, 2.75) is 25.9 Å². The molecule has 1 N–H and O–H groups in total. The molecule has 0 saturated carbocycles. The zero-order valence-electron chi connectivity index (χ0n) is 12.8. The predicted molar refractivity (Wildman–Crippen MR) is 84.4 cm³/mol. The minimum Gasteiger partial charge on any atom is -0.481 e. The molecule has 116 valence electrons. The topological polar surface area (TPSA) is 38.3 Å². The van der Waals surface area contributed by atoms with Crippen molar-refractivity contribution in [1.82, 2.24) is 5.32 Å². The Balaban J connectivity index is 1.82. The van der Waals surface area contributed by atoms with Gasteiger partial charge in [0.25, 0.3) is 5.91 Å². The highest BCUT2D eigenvalue weighted by Crippen LogP contribution is 2.14. The number of rotatable bonds is 6. The number of carbonyl (C=O) groups is 1. The van der Waals surface area contributed by atoms with E-state index in [0.29, 0.717) is 12.3 Å². The van der Waals surface area contributed by atoms with Gasteiger partial charge in [-0.25, -0.2) is 4.39 Å². The molecule has 22 heavy (non-hydrogen) atoms. The van der Waals surface area contributed by atoms with Gasteiger partial charge < -0.3 is 10.1 Å². The van der Waals surface area contributed by atoms with E-state index in [-0.39, 0.29) is 17.6 Å². The fourth-order valence-corrected chi connectivity index (χ4v) is 2.07. The average Bonchev–Trinajstić information content (AvgIpc) is 2.55. The van der Waals surface area contributed by atoms with Crippen LogP contribution in [-0.2, 0) is 4.79 Å². The summed E-state index contributed by atoms with van der Waals surface area (Å²) in [4.78, 5) is 12.0. The van der Waals surface area contributed by atoms with E-state index in [9.17, 15) is 9.18 Å². The Hall–Kier alpha value is -2.36. The quantitative estimate of drug-likeness (QED) is 0.886. The highest BCUT2D eigenvalue weighted by atomic mass is 19.1. The van der Waals surface area contributed by atoms with Gasteiger partial charge in [-0.05, 0) is 42.7 Å². The lowest BCUT2D eigenvalue weighted by atomic mass is 10.0. The summed E-state index contributed by atoms with van der Waals surface area (Å²) < 4.78 is 18.3. The summed E-state index contributed by atoms with van der Waals surface area (Å²) in [5, 5.41) is 2.87. The number of ether oxygens (including phenoxy) is 1. The summed E-state index contributed by atoms with van der Waals surface area (Å²) in [5.41, 5.74) is 1.18. The van der Waals surface area contributed by atoms with Crippen LogP contribution in [0, 0.1) is 5.82 Å². The Bertz CT molecular complexity index is 598. The SMILES string of the molecule is C[C@H](Oc1ccc(F)cc1)C(=O)NC[C@H](C)c1ccccc1. The zero-order chi connectivity index (χ0) is 15.9. The largest absolute Gasteiger partial charge is 0.481 e. The van der Waals surface area contributed by atoms with Gasteiger partial charge in [0.2, 0.25) is 0 Å². The van der Waals surface area contributed by atoms with Crippen LogP contribution in [0.4, 0.5) is 4.39 Å². The predicted octanol–water partition coefficient (Wildman–Crippen LogP) is 3.51. The molecule has 0 fully saturated rings. The first-order chi connectivity index (χ1) is 10.6. The molecule has 0 aliphatic heterocycles. The third-order valence-electron chi connectivity index (χ3n) is 3.45. The van der Waals surface area contributed by atoms with Crippen LogP contribution in [0.5, 0.6) is 5.75 Å². The molecule has 0 bridgehead atoms. The monoisotopic (exact) mass is 301 g/mol. The highest BCUT2D eigenvalue weighted by molar-refractivity contribution is 5.80. The lowest BCUT2D eigenvalue weighted by Crippen LogP contribution is -2.38. The van der Waals surface area contributed by atoms with Crippen molar-refractivity contribution in [3.63, 3.8) is 0 Å². The Kier molecular flexibility index (Phi) is 5.53. The molecular weight excluding hydrogens is 281 g/mol. The normalized spacial score (nSPS) is 13.2. The summed E-state index contributed by atoms with van der Waals surface area (Å²) in [6.07, 6.45) is -0.631. The van der Waals surface area contributed by atoms with Crippen molar-refractivity contribution in [3.8, 4) is 5.75 Å². The van der Waals surface area contributed by atoms with E-state index in [0.717, 1.165) is 0 Å². The maximum atomic E-state index is 12.8. The van der Waals surface area contributed by atoms with Crippen molar-refractivity contribution < 1.29 is 13.9 Å². The molecule has 0 aliphatic carbocycles. The van der Waals surface area contributed by atoms with Gasteiger partial charge in [0, 0.05) is 6.54 Å². The Morgan fingerprint density at radius 3 is 2.36 bits per heavy atom. The average molecular weight is 301 g/mol. The van der Waals surface area contributed by atoms with Gasteiger partial charge in [-0.3, -0.25) is 4.79 Å². The number of amides is 1. The summed E-state index contributed by atoms with van der Waals surface area (Å²) >= 11 is 0. The second kappa shape index (κ2) is 7.59. The number of halogens is 1. The lowest BCUT2D eigenvalue weighted by molar-refractivity contribution is -0.127. The van der Waals surface area contributed by atoms with Crippen molar-refractivity contribution >= 4 is 5.91 Å². The Morgan fingerprint density at radius 1 is 1.09 bits per heavy atom. The summed E-state index contributed by atoms with van der Waals surface area (Å²) in [7, 11) is 0. The van der Waals surface area contributed by atoms with Crippen LogP contribution in [-0.4, -0.2) is 18.6 Å². The van der Waals surface area contributed by atoms with Crippen LogP contribution in [0.25, 0.3) is 0 Å². The maximum absolute atomic E-state index is 12.8. The first-order valence-corrected chi connectivity index (χ1v) is 7.31. The smallest absolute Gasteiger partial charge is 0.260 e. The zero-order valence-corrected chi connectivity index (χ0v) is 12.8. The fraction of sp³-hybridized carbons (Fsp3) is 0.278. The van der Waals surface area contributed by atoms with Crippen LogP contribution < -0.4 is 10.1 Å². The number of carbonyl (C=O) groups excluding carboxylic acids is 1. The molecule has 0 saturated heterocycles. The molecule has 0 spiro atoms. The van der Waals surface area contributed by atoms with Crippen LogP contribution in [0.1, 0.15) is 25.3 Å². The fourth-order valence-electron chi connectivity index (χ4n) is 2.07. The molecule has 1 amide bonds. The first kappa shape index (κ1) is 16.0. The van der Waals surface area contributed by atoms with Gasteiger partial charge in [-0.15, -0.1) is 0 Å². The molecule has 2 rings (SSSR count). The first-order valence-electron chi connectivity index (χ1n) is 7.31. The van der Waals surface area contributed by atoms with Crippen LogP contribution in [0.3, 0.4) is 0 Å². The number of hydrogen-bond donors (Lipinski definition) is 1. The lowest BCUT2D eigenvalue weighted by Gasteiger charge is -2.17. The van der Waals surface area contributed by atoms with Crippen molar-refractivity contribution in [2.24, 2.45) is 0 Å². The van der Waals surface area contributed by atoms with Crippen molar-refractivity contribution in [1.29, 1.82) is 0 Å². The molecule has 0 aliphatic rings. The summed E-state index contributed by atoms with van der Waals surface area (Å²) in [5.74, 6) is 0.177. The van der Waals surface area contributed by atoms with E-state index in [2.05, 4.69) is 12.2 Å². The third kappa shape index (κ3) is 4.58. The molecule has 0 radical (unpaired) electrons. The Morgan fingerprint density at radius 2 is 1.73 bits per heavy atom. The van der Waals surface area contributed by atoms with E-state index >= 15 is 0 Å². The Labute approximate surface area is 130 Å². The summed E-state index contributed by atoms with van der Waals surface area (Å²) in [6, 6.07) is 15.6. The molecular formula is C18H20FNO2. The van der Waals surface area contributed by atoms with Gasteiger partial charge in [0.15, 0.2) is 6.10 Å². The molecule has 0 heterocycles. The van der Waals surface area contributed by atoms with E-state index in [1.165, 1.54) is 29.8 Å². The number of nitrogens with one attached hydrogen (secondary N) is 1. The minimum absolute atomic E-state index is 0.188. The summed E-state index contributed by atoms with van der Waals surface area (Å²) in [6.45, 7) is 4.27. The molecule has 3 nitrogen and oxygen atoms in total. The van der Waals surface area contributed by atoms with E-state index in [4.69, 9.17) is 4.74 Å². The molecule has 0 unspecified atom stereocenters. The van der Waals surface area contributed by atoms with Crippen molar-refractivity contribution in [3.05, 3.63) is 66.0 Å². The van der Waals surface area contributed by atoms with Crippen LogP contribution in [0.15, 0.2) is 54.6 Å². The van der Waals surface area contributed by atoms with Gasteiger partial charge in [0.05, 0.1) is 0 Å². The van der Waals surface area contributed by atoms with Gasteiger partial charge >= 0.3 is 0 Å². The van der Waals surface area contributed by atoms with Gasteiger partial charge in [0.1, 0.15) is 11.6 Å². The highest BCUT2D eigenvalue weighted by Gasteiger charge is 2.15. The maximum Gasteiger partial charge on any atom is 0.260 e. The molecule has 4 heteroatoms. The number of hydrogen-bond acceptors (Lipinski definition) is 2. The van der Waals surface area contributed by atoms with Gasteiger partial charge in [-0.1, -0.05) is 37.3 Å². The standard InChI is InChI=1S/C18H20FNO2/c1-13(15-6-4-3-5-7-15)12-20-18(21)14(2)22-17-10-8-16(19)9-11-17/h3-11,13-14H,12H2,1-2H3,(H,20,21)/t13-,14-/m0/s1. The third-order valence-corrected chi connectivity index (χ3v) is 3.45. The number of benzene rings is 2. The molecule has 2 aromatic rings. The molecule has 2 atom stereocenters. The van der Waals surface area contributed by atoms with E-state index in [1.54, 1.807) is 6.92 Å². The second-order valence-electron chi connectivity index (χ2n) is 5.27. The van der Waals surface area contributed by atoms with Crippen LogP contribution >= 0.6 is 0 Å². The van der Waals surface area contributed by atoms with E-state index < -0.39 is 6.10 Å².